The second kappa shape index (κ2) is 15.9. The van der Waals surface area contributed by atoms with Crippen LogP contribution in [-0.4, -0.2) is 38.6 Å². The van der Waals surface area contributed by atoms with Crippen molar-refractivity contribution < 1.29 is 14.6 Å². The number of rotatable bonds is 4. The molecule has 64 valence electrons. The van der Waals surface area contributed by atoms with Crippen LogP contribution < -0.4 is 0 Å². The van der Waals surface area contributed by atoms with Crippen LogP contribution in [0.5, 0.6) is 0 Å². The minimum atomic E-state index is 0.133. The fraction of sp³-hybridized carbons (Fsp3) is 1.00. The fourth-order valence-electron chi connectivity index (χ4n) is 0.209. The van der Waals surface area contributed by atoms with Gasteiger partial charge in [-0.15, -0.1) is 0 Å². The van der Waals surface area contributed by atoms with Crippen molar-refractivity contribution in [2.75, 3.05) is 33.5 Å². The molecule has 0 amide bonds. The van der Waals surface area contributed by atoms with Gasteiger partial charge in [-0.05, 0) is 13.8 Å². The van der Waals surface area contributed by atoms with Crippen molar-refractivity contribution in [3.8, 4) is 0 Å². The Bertz CT molecular complexity index is 33.8. The SMILES string of the molecule is CCOC.CCOCCO. The molecular weight excluding hydrogens is 132 g/mol. The van der Waals surface area contributed by atoms with Crippen molar-refractivity contribution in [3.63, 3.8) is 0 Å². The molecular formula is C7H18O3. The minimum absolute atomic E-state index is 0.133. The third-order valence-corrected chi connectivity index (χ3v) is 0.728. The predicted molar refractivity (Wildman–Crippen MR) is 41.1 cm³/mol. The Labute approximate surface area is 63.0 Å². The van der Waals surface area contributed by atoms with Crippen LogP contribution >= 0.6 is 0 Å². The summed E-state index contributed by atoms with van der Waals surface area (Å²) in [6.45, 7) is 5.97. The molecule has 0 aromatic carbocycles. The van der Waals surface area contributed by atoms with E-state index < -0.39 is 0 Å². The van der Waals surface area contributed by atoms with Gasteiger partial charge in [0.2, 0.25) is 0 Å². The predicted octanol–water partition coefficient (Wildman–Crippen LogP) is 0.668. The average Bonchev–Trinajstić information content (AvgIpc) is 2.01. The summed E-state index contributed by atoms with van der Waals surface area (Å²) in [4.78, 5) is 0. The van der Waals surface area contributed by atoms with E-state index >= 15 is 0 Å². The molecule has 0 aliphatic carbocycles. The molecule has 1 N–H and O–H groups in total. The Kier molecular flexibility index (Phi) is 20.0. The Hall–Kier alpha value is -0.120. The Morgan fingerprint density at radius 3 is 1.80 bits per heavy atom. The summed E-state index contributed by atoms with van der Waals surface area (Å²) in [6, 6.07) is 0. The van der Waals surface area contributed by atoms with Gasteiger partial charge < -0.3 is 14.6 Å². The van der Waals surface area contributed by atoms with E-state index in [2.05, 4.69) is 4.74 Å². The monoisotopic (exact) mass is 150 g/mol. The lowest BCUT2D eigenvalue weighted by Crippen LogP contribution is -1.96. The van der Waals surface area contributed by atoms with Crippen LogP contribution in [0.25, 0.3) is 0 Å². The molecule has 10 heavy (non-hydrogen) atoms. The second-order valence-corrected chi connectivity index (χ2v) is 1.50. The molecule has 0 saturated carbocycles. The summed E-state index contributed by atoms with van der Waals surface area (Å²) in [7, 11) is 1.68. The van der Waals surface area contributed by atoms with Crippen molar-refractivity contribution in [2.45, 2.75) is 13.8 Å². The molecule has 0 atom stereocenters. The van der Waals surface area contributed by atoms with Gasteiger partial charge in [0.15, 0.2) is 0 Å². The highest BCUT2D eigenvalue weighted by Crippen LogP contribution is 1.66. The third kappa shape index (κ3) is 24.8. The molecule has 3 heteroatoms. The lowest BCUT2D eigenvalue weighted by atomic mass is 10.8. The first kappa shape index (κ1) is 12.5. The Morgan fingerprint density at radius 1 is 1.20 bits per heavy atom. The zero-order chi connectivity index (χ0) is 8.24. The van der Waals surface area contributed by atoms with Gasteiger partial charge in [0.25, 0.3) is 0 Å². The normalized spacial score (nSPS) is 8.40. The minimum Gasteiger partial charge on any atom is -0.394 e. The number of hydrogen-bond donors (Lipinski definition) is 1. The van der Waals surface area contributed by atoms with Gasteiger partial charge in [0.05, 0.1) is 13.2 Å². The molecule has 3 nitrogen and oxygen atoms in total. The third-order valence-electron chi connectivity index (χ3n) is 0.728. The smallest absolute Gasteiger partial charge is 0.0697 e. The molecule has 0 unspecified atom stereocenters. The van der Waals surface area contributed by atoms with E-state index in [1.54, 1.807) is 7.11 Å². The van der Waals surface area contributed by atoms with Gasteiger partial charge in [-0.2, -0.15) is 0 Å². The van der Waals surface area contributed by atoms with Crippen LogP contribution in [0.4, 0.5) is 0 Å². The van der Waals surface area contributed by atoms with E-state index in [-0.39, 0.29) is 6.61 Å². The van der Waals surface area contributed by atoms with Crippen molar-refractivity contribution in [1.82, 2.24) is 0 Å². The first-order valence-electron chi connectivity index (χ1n) is 3.50. The highest BCUT2D eigenvalue weighted by molar-refractivity contribution is 4.18. The molecule has 0 heterocycles. The fourth-order valence-corrected chi connectivity index (χ4v) is 0.209. The molecule has 0 rings (SSSR count). The molecule has 0 aliphatic heterocycles. The number of hydrogen-bond acceptors (Lipinski definition) is 3. The molecule has 0 aromatic heterocycles. The van der Waals surface area contributed by atoms with E-state index in [9.17, 15) is 0 Å². The summed E-state index contributed by atoms with van der Waals surface area (Å²) in [6.07, 6.45) is 0. The maximum absolute atomic E-state index is 8.07. The number of aliphatic hydroxyl groups excluding tert-OH is 1. The van der Waals surface area contributed by atoms with Crippen molar-refractivity contribution >= 4 is 0 Å². The lowest BCUT2D eigenvalue weighted by Gasteiger charge is -1.91. The number of aliphatic hydroxyl groups is 1. The van der Waals surface area contributed by atoms with E-state index in [1.807, 2.05) is 13.8 Å². The summed E-state index contributed by atoms with van der Waals surface area (Å²) in [5.41, 5.74) is 0. The van der Waals surface area contributed by atoms with Gasteiger partial charge >= 0.3 is 0 Å². The van der Waals surface area contributed by atoms with Crippen LogP contribution in [0.1, 0.15) is 13.8 Å². The van der Waals surface area contributed by atoms with E-state index in [1.165, 1.54) is 0 Å². The molecule has 0 saturated heterocycles. The Balaban J connectivity index is 0. The van der Waals surface area contributed by atoms with E-state index in [0.29, 0.717) is 13.2 Å². The van der Waals surface area contributed by atoms with Gasteiger partial charge in [-0.3, -0.25) is 0 Å². The van der Waals surface area contributed by atoms with Crippen molar-refractivity contribution in [1.29, 1.82) is 0 Å². The molecule has 0 fully saturated rings. The van der Waals surface area contributed by atoms with Gasteiger partial charge in [0, 0.05) is 20.3 Å². The van der Waals surface area contributed by atoms with Crippen LogP contribution in [0.3, 0.4) is 0 Å². The number of methoxy groups -OCH3 is 1. The second-order valence-electron chi connectivity index (χ2n) is 1.50. The molecule has 0 radical (unpaired) electrons. The highest BCUT2D eigenvalue weighted by atomic mass is 16.5. The number of ether oxygens (including phenoxy) is 2. The summed E-state index contributed by atoms with van der Waals surface area (Å²) < 4.78 is 9.27. The van der Waals surface area contributed by atoms with Crippen LogP contribution in [-0.2, 0) is 9.47 Å². The highest BCUT2D eigenvalue weighted by Gasteiger charge is 1.73. The zero-order valence-corrected chi connectivity index (χ0v) is 7.09. The molecule has 0 aliphatic rings. The maximum atomic E-state index is 8.07. The zero-order valence-electron chi connectivity index (χ0n) is 7.09. The van der Waals surface area contributed by atoms with E-state index in [0.717, 1.165) is 6.61 Å². The summed E-state index contributed by atoms with van der Waals surface area (Å²) >= 11 is 0. The van der Waals surface area contributed by atoms with Gasteiger partial charge in [0.1, 0.15) is 0 Å². The standard InChI is InChI=1S/C4H10O2.C3H8O/c1-2-6-4-3-5;1-3-4-2/h5H,2-4H2,1H3;3H2,1-2H3. The van der Waals surface area contributed by atoms with Crippen molar-refractivity contribution in [2.24, 2.45) is 0 Å². The van der Waals surface area contributed by atoms with Crippen LogP contribution in [0.15, 0.2) is 0 Å². The molecule has 0 aromatic rings. The van der Waals surface area contributed by atoms with Gasteiger partial charge in [-0.1, -0.05) is 0 Å². The van der Waals surface area contributed by atoms with Crippen LogP contribution in [0.2, 0.25) is 0 Å². The van der Waals surface area contributed by atoms with Gasteiger partial charge in [-0.25, -0.2) is 0 Å². The van der Waals surface area contributed by atoms with Crippen molar-refractivity contribution in [3.05, 3.63) is 0 Å². The summed E-state index contributed by atoms with van der Waals surface area (Å²) in [5.74, 6) is 0. The molecule has 0 spiro atoms. The average molecular weight is 150 g/mol. The first-order valence-corrected chi connectivity index (χ1v) is 3.50. The van der Waals surface area contributed by atoms with Crippen LogP contribution in [0, 0.1) is 0 Å². The quantitative estimate of drug-likeness (QED) is 0.598. The first-order chi connectivity index (χ1) is 4.83. The van der Waals surface area contributed by atoms with E-state index in [4.69, 9.17) is 9.84 Å². The lowest BCUT2D eigenvalue weighted by molar-refractivity contribution is 0.102. The summed E-state index contributed by atoms with van der Waals surface area (Å²) in [5, 5.41) is 8.07. The molecule has 0 bridgehead atoms. The maximum Gasteiger partial charge on any atom is 0.0697 e. The largest absolute Gasteiger partial charge is 0.394 e. The topological polar surface area (TPSA) is 38.7 Å². The Morgan fingerprint density at radius 2 is 1.70 bits per heavy atom.